The van der Waals surface area contributed by atoms with E-state index in [0.717, 1.165) is 18.5 Å². The molecule has 0 saturated carbocycles. The van der Waals surface area contributed by atoms with Gasteiger partial charge in [-0.2, -0.15) is 0 Å². The minimum atomic E-state index is 0.137. The van der Waals surface area contributed by atoms with Gasteiger partial charge in [0.15, 0.2) is 0 Å². The molecule has 0 saturated heterocycles. The van der Waals surface area contributed by atoms with Gasteiger partial charge in [0.2, 0.25) is 0 Å². The summed E-state index contributed by atoms with van der Waals surface area (Å²) in [7, 11) is 0. The van der Waals surface area contributed by atoms with E-state index in [1.165, 1.54) is 0 Å². The summed E-state index contributed by atoms with van der Waals surface area (Å²) in [6.45, 7) is 5.05. The molecule has 0 spiro atoms. The van der Waals surface area contributed by atoms with E-state index in [2.05, 4.69) is 23.7 Å². The molecule has 0 fully saturated rings. The first-order valence-corrected chi connectivity index (χ1v) is 5.81. The fraction of sp³-hybridized carbons (Fsp3) is 0.583. The van der Waals surface area contributed by atoms with Gasteiger partial charge in [0.05, 0.1) is 24.2 Å². The Morgan fingerprint density at radius 3 is 2.62 bits per heavy atom. The minimum Gasteiger partial charge on any atom is -0.396 e. The Hall–Kier alpha value is -1.29. The minimum absolute atomic E-state index is 0.137. The molecule has 1 rings (SSSR count). The first kappa shape index (κ1) is 12.8. The zero-order chi connectivity index (χ0) is 12.0. The van der Waals surface area contributed by atoms with Crippen LogP contribution >= 0.6 is 0 Å². The normalized spacial score (nSPS) is 10.8. The van der Waals surface area contributed by atoms with Crippen molar-refractivity contribution in [2.75, 3.05) is 23.8 Å². The number of pyridine rings is 1. The predicted molar refractivity (Wildman–Crippen MR) is 67.5 cm³/mol. The van der Waals surface area contributed by atoms with Crippen molar-refractivity contribution >= 4 is 11.4 Å². The topological polar surface area (TPSA) is 62.4 Å². The molecule has 0 aliphatic heterocycles. The molecule has 0 amide bonds. The van der Waals surface area contributed by atoms with E-state index in [1.54, 1.807) is 12.4 Å². The number of nitrogens with zero attached hydrogens (tertiary/aromatic N) is 2. The molecule has 1 aromatic rings. The number of nitrogens with two attached hydrogens (primary N) is 1. The average molecular weight is 223 g/mol. The van der Waals surface area contributed by atoms with Gasteiger partial charge in [0.1, 0.15) is 0 Å². The Bertz CT molecular complexity index is 313. The fourth-order valence-corrected chi connectivity index (χ4v) is 2.00. The van der Waals surface area contributed by atoms with E-state index in [9.17, 15) is 0 Å². The number of hydrogen-bond acceptors (Lipinski definition) is 4. The van der Waals surface area contributed by atoms with Crippen LogP contribution in [0.5, 0.6) is 0 Å². The summed E-state index contributed by atoms with van der Waals surface area (Å²) >= 11 is 0. The Balaban J connectivity index is 2.97. The van der Waals surface area contributed by atoms with Gasteiger partial charge in [-0.3, -0.25) is 4.98 Å². The molecule has 90 valence electrons. The van der Waals surface area contributed by atoms with Crippen molar-refractivity contribution in [2.24, 2.45) is 0 Å². The highest BCUT2D eigenvalue weighted by Crippen LogP contribution is 2.25. The molecule has 1 aromatic heterocycles. The number of hydrogen-bond donors (Lipinski definition) is 2. The van der Waals surface area contributed by atoms with Crippen molar-refractivity contribution in [1.29, 1.82) is 0 Å². The van der Waals surface area contributed by atoms with Crippen LogP contribution < -0.4 is 10.6 Å². The Labute approximate surface area is 97.1 Å². The summed E-state index contributed by atoms with van der Waals surface area (Å²) < 4.78 is 0. The third-order valence-electron chi connectivity index (χ3n) is 2.86. The average Bonchev–Trinajstić information content (AvgIpc) is 2.30. The summed E-state index contributed by atoms with van der Waals surface area (Å²) in [4.78, 5) is 6.15. The molecule has 4 nitrogen and oxygen atoms in total. The van der Waals surface area contributed by atoms with Gasteiger partial charge in [0, 0.05) is 18.8 Å². The largest absolute Gasteiger partial charge is 0.396 e. The van der Waals surface area contributed by atoms with Crippen LogP contribution in [0.25, 0.3) is 0 Å². The number of anilines is 2. The van der Waals surface area contributed by atoms with Crippen molar-refractivity contribution < 1.29 is 5.11 Å². The Kier molecular flexibility index (Phi) is 5.05. The molecule has 3 N–H and O–H groups in total. The van der Waals surface area contributed by atoms with E-state index in [-0.39, 0.29) is 6.61 Å². The maximum atomic E-state index is 9.13. The van der Waals surface area contributed by atoms with E-state index in [4.69, 9.17) is 10.8 Å². The summed E-state index contributed by atoms with van der Waals surface area (Å²) in [5.74, 6) is 0. The number of aliphatic hydroxyl groups is 1. The van der Waals surface area contributed by atoms with Crippen molar-refractivity contribution in [3.8, 4) is 0 Å². The highest BCUT2D eigenvalue weighted by Gasteiger charge is 2.16. The van der Waals surface area contributed by atoms with Crippen LogP contribution in [0.3, 0.4) is 0 Å². The van der Waals surface area contributed by atoms with Gasteiger partial charge >= 0.3 is 0 Å². The third-order valence-corrected chi connectivity index (χ3v) is 2.86. The third kappa shape index (κ3) is 2.85. The monoisotopic (exact) mass is 223 g/mol. The van der Waals surface area contributed by atoms with Gasteiger partial charge in [-0.1, -0.05) is 13.8 Å². The molecule has 4 heteroatoms. The number of nitrogen functional groups attached to an aromatic ring is 1. The smallest absolute Gasteiger partial charge is 0.0738 e. The zero-order valence-corrected chi connectivity index (χ0v) is 10.1. The van der Waals surface area contributed by atoms with E-state index in [1.807, 2.05) is 6.07 Å². The molecule has 0 aromatic carbocycles. The maximum absolute atomic E-state index is 9.13. The lowest BCUT2D eigenvalue weighted by molar-refractivity contribution is 0.296. The van der Waals surface area contributed by atoms with E-state index >= 15 is 0 Å². The number of aliphatic hydroxyl groups excluding tert-OH is 1. The molecular formula is C12H21N3O. The molecule has 0 bridgehead atoms. The van der Waals surface area contributed by atoms with Crippen LogP contribution in [0.15, 0.2) is 18.5 Å². The zero-order valence-electron chi connectivity index (χ0n) is 10.1. The number of aromatic nitrogens is 1. The van der Waals surface area contributed by atoms with Crippen LogP contribution in [0.1, 0.15) is 26.7 Å². The second-order valence-corrected chi connectivity index (χ2v) is 3.82. The van der Waals surface area contributed by atoms with Crippen LogP contribution in [0.2, 0.25) is 0 Å². The first-order chi connectivity index (χ1) is 7.74. The van der Waals surface area contributed by atoms with E-state index in [0.29, 0.717) is 18.3 Å². The van der Waals surface area contributed by atoms with Gasteiger partial charge < -0.3 is 15.7 Å². The molecular weight excluding hydrogens is 202 g/mol. The van der Waals surface area contributed by atoms with Crippen LogP contribution in [-0.4, -0.2) is 29.3 Å². The molecule has 0 aliphatic carbocycles. The van der Waals surface area contributed by atoms with Crippen LogP contribution in [0.4, 0.5) is 11.4 Å². The van der Waals surface area contributed by atoms with Gasteiger partial charge in [-0.25, -0.2) is 0 Å². The van der Waals surface area contributed by atoms with E-state index < -0.39 is 0 Å². The lowest BCUT2D eigenvalue weighted by Crippen LogP contribution is -2.37. The Morgan fingerprint density at radius 1 is 1.44 bits per heavy atom. The molecule has 0 aliphatic rings. The van der Waals surface area contributed by atoms with Gasteiger partial charge in [-0.05, 0) is 18.9 Å². The van der Waals surface area contributed by atoms with Crippen molar-refractivity contribution in [3.05, 3.63) is 18.5 Å². The van der Waals surface area contributed by atoms with Crippen molar-refractivity contribution in [1.82, 2.24) is 4.98 Å². The molecule has 0 atom stereocenters. The van der Waals surface area contributed by atoms with Crippen molar-refractivity contribution in [3.63, 3.8) is 0 Å². The summed E-state index contributed by atoms with van der Waals surface area (Å²) in [5.41, 5.74) is 7.55. The standard InChI is InChI=1S/C12H21N3O/c1-3-10(4-2)15(7-8-16)12-5-6-14-9-11(12)13/h5-6,9-10,16H,3-4,7-8,13H2,1-2H3. The number of rotatable bonds is 6. The quantitative estimate of drug-likeness (QED) is 0.769. The summed E-state index contributed by atoms with van der Waals surface area (Å²) in [6, 6.07) is 2.32. The fourth-order valence-electron chi connectivity index (χ4n) is 2.00. The molecule has 1 heterocycles. The highest BCUT2D eigenvalue weighted by atomic mass is 16.3. The summed E-state index contributed by atoms with van der Waals surface area (Å²) in [6.07, 6.45) is 5.47. The molecule has 0 unspecified atom stereocenters. The van der Waals surface area contributed by atoms with Gasteiger partial charge in [0.25, 0.3) is 0 Å². The molecule has 16 heavy (non-hydrogen) atoms. The van der Waals surface area contributed by atoms with Crippen LogP contribution in [0, 0.1) is 0 Å². The lowest BCUT2D eigenvalue weighted by atomic mass is 10.1. The maximum Gasteiger partial charge on any atom is 0.0738 e. The second kappa shape index (κ2) is 6.33. The predicted octanol–water partition coefficient (Wildman–Crippen LogP) is 1.65. The Morgan fingerprint density at radius 2 is 2.12 bits per heavy atom. The van der Waals surface area contributed by atoms with Crippen LogP contribution in [-0.2, 0) is 0 Å². The molecule has 0 radical (unpaired) electrons. The second-order valence-electron chi connectivity index (χ2n) is 3.82. The van der Waals surface area contributed by atoms with Crippen molar-refractivity contribution in [2.45, 2.75) is 32.7 Å². The SMILES string of the molecule is CCC(CC)N(CCO)c1ccncc1N. The highest BCUT2D eigenvalue weighted by molar-refractivity contribution is 5.66. The summed E-state index contributed by atoms with van der Waals surface area (Å²) in [5, 5.41) is 9.13. The van der Waals surface area contributed by atoms with Gasteiger partial charge in [-0.15, -0.1) is 0 Å². The lowest BCUT2D eigenvalue weighted by Gasteiger charge is -2.32. The first-order valence-electron chi connectivity index (χ1n) is 5.81.